The van der Waals surface area contributed by atoms with Gasteiger partial charge in [-0.25, -0.2) is 0 Å². The second-order valence-corrected chi connectivity index (χ2v) is 8.61. The predicted octanol–water partition coefficient (Wildman–Crippen LogP) is 4.44. The van der Waals surface area contributed by atoms with E-state index in [0.717, 1.165) is 18.0 Å². The van der Waals surface area contributed by atoms with E-state index in [1.807, 2.05) is 0 Å². The van der Waals surface area contributed by atoms with Crippen molar-refractivity contribution in [2.24, 2.45) is 11.3 Å². The molecule has 0 bridgehead atoms. The Bertz CT molecular complexity index is 305. The van der Waals surface area contributed by atoms with Crippen LogP contribution in [0.5, 0.6) is 0 Å². The van der Waals surface area contributed by atoms with E-state index in [1.54, 1.807) is 0 Å². The first-order valence-corrected chi connectivity index (χ1v) is 9.38. The molecule has 2 heteroatoms. The van der Waals surface area contributed by atoms with Crippen LogP contribution < -0.4 is 5.32 Å². The van der Waals surface area contributed by atoms with E-state index >= 15 is 0 Å². The number of likely N-dealkylation sites (N-methyl/N-ethyl adjacent to an activating group) is 1. The average Bonchev–Trinajstić information content (AvgIpc) is 2.45. The van der Waals surface area contributed by atoms with E-state index in [0.29, 0.717) is 11.5 Å². The maximum Gasteiger partial charge on any atom is 0.0254 e. The summed E-state index contributed by atoms with van der Waals surface area (Å²) in [5.74, 6) is 0.950. The largest absolute Gasteiger partial charge is 0.312 e. The van der Waals surface area contributed by atoms with Crippen molar-refractivity contribution < 1.29 is 0 Å². The van der Waals surface area contributed by atoms with Crippen molar-refractivity contribution >= 4 is 0 Å². The highest BCUT2D eigenvalue weighted by Gasteiger charge is 2.38. The van der Waals surface area contributed by atoms with Crippen molar-refractivity contribution in [1.29, 1.82) is 0 Å². The van der Waals surface area contributed by atoms with Crippen LogP contribution in [0.15, 0.2) is 0 Å². The molecule has 2 fully saturated rings. The molecule has 1 N–H and O–H groups in total. The zero-order valence-electron chi connectivity index (χ0n) is 15.1. The molecule has 2 atom stereocenters. The van der Waals surface area contributed by atoms with Gasteiger partial charge in [0.05, 0.1) is 0 Å². The molecule has 2 aliphatic carbocycles. The van der Waals surface area contributed by atoms with Crippen molar-refractivity contribution in [3.8, 4) is 0 Å². The highest BCUT2D eigenvalue weighted by atomic mass is 15.2. The van der Waals surface area contributed by atoms with Gasteiger partial charge in [-0.3, -0.25) is 4.90 Å². The van der Waals surface area contributed by atoms with E-state index in [9.17, 15) is 0 Å². The van der Waals surface area contributed by atoms with E-state index in [2.05, 4.69) is 45.0 Å². The van der Waals surface area contributed by atoms with Crippen molar-refractivity contribution in [3.05, 3.63) is 0 Å². The van der Waals surface area contributed by atoms with Crippen LogP contribution in [-0.4, -0.2) is 36.6 Å². The Morgan fingerprint density at radius 1 is 1.10 bits per heavy atom. The smallest absolute Gasteiger partial charge is 0.0254 e. The third-order valence-corrected chi connectivity index (χ3v) is 6.10. The van der Waals surface area contributed by atoms with Gasteiger partial charge < -0.3 is 5.32 Å². The monoisotopic (exact) mass is 294 g/mol. The molecular formula is C19H38N2. The first-order valence-electron chi connectivity index (χ1n) is 9.38. The molecule has 0 amide bonds. The van der Waals surface area contributed by atoms with Crippen LogP contribution in [0.2, 0.25) is 0 Å². The van der Waals surface area contributed by atoms with Crippen molar-refractivity contribution in [2.75, 3.05) is 13.6 Å². The standard InChI is InChI=1S/C19H38N2/c1-6-13-20-17-11-12-19(3,4)14-18(17)21(5)16-9-7-15(2)8-10-16/h15-18,20H,6-14H2,1-5H3. The van der Waals surface area contributed by atoms with Gasteiger partial charge in [-0.1, -0.05) is 27.7 Å². The summed E-state index contributed by atoms with van der Waals surface area (Å²) in [6.07, 6.45) is 11.0. The molecule has 0 saturated heterocycles. The van der Waals surface area contributed by atoms with Crippen molar-refractivity contribution in [2.45, 2.75) is 97.2 Å². The van der Waals surface area contributed by atoms with E-state index < -0.39 is 0 Å². The number of hydrogen-bond donors (Lipinski definition) is 1. The lowest BCUT2D eigenvalue weighted by molar-refractivity contribution is 0.0385. The molecule has 21 heavy (non-hydrogen) atoms. The number of hydrogen-bond acceptors (Lipinski definition) is 2. The molecule has 0 aromatic heterocycles. The van der Waals surface area contributed by atoms with Crippen LogP contribution >= 0.6 is 0 Å². The Balaban J connectivity index is 2.00. The fourth-order valence-corrected chi connectivity index (χ4v) is 4.47. The van der Waals surface area contributed by atoms with E-state index in [-0.39, 0.29) is 0 Å². The molecule has 2 aliphatic rings. The van der Waals surface area contributed by atoms with Crippen LogP contribution in [0, 0.1) is 11.3 Å². The normalized spacial score (nSPS) is 36.9. The molecule has 0 heterocycles. The summed E-state index contributed by atoms with van der Waals surface area (Å²) in [5.41, 5.74) is 0.519. The van der Waals surface area contributed by atoms with Gasteiger partial charge in [-0.05, 0) is 76.3 Å². The quantitative estimate of drug-likeness (QED) is 0.806. The van der Waals surface area contributed by atoms with Crippen LogP contribution in [0.4, 0.5) is 0 Å². The molecule has 0 radical (unpaired) electrons. The SMILES string of the molecule is CCCNC1CCC(C)(C)CC1N(C)C1CCC(C)CC1. The maximum absolute atomic E-state index is 3.85. The second-order valence-electron chi connectivity index (χ2n) is 8.61. The Labute approximate surface area is 133 Å². The fraction of sp³-hybridized carbons (Fsp3) is 1.00. The van der Waals surface area contributed by atoms with Crippen molar-refractivity contribution in [3.63, 3.8) is 0 Å². The zero-order chi connectivity index (χ0) is 15.5. The summed E-state index contributed by atoms with van der Waals surface area (Å²) >= 11 is 0. The number of nitrogens with one attached hydrogen (secondary N) is 1. The number of rotatable bonds is 5. The molecule has 0 aromatic carbocycles. The summed E-state index contributed by atoms with van der Waals surface area (Å²) in [6, 6.07) is 2.27. The Hall–Kier alpha value is -0.0800. The summed E-state index contributed by atoms with van der Waals surface area (Å²) < 4.78 is 0. The minimum absolute atomic E-state index is 0.519. The highest BCUT2D eigenvalue weighted by molar-refractivity contribution is 4.95. The zero-order valence-corrected chi connectivity index (χ0v) is 15.1. The lowest BCUT2D eigenvalue weighted by Gasteiger charge is -2.48. The van der Waals surface area contributed by atoms with Crippen LogP contribution in [0.1, 0.15) is 79.1 Å². The minimum atomic E-state index is 0.519. The Morgan fingerprint density at radius 2 is 1.76 bits per heavy atom. The topological polar surface area (TPSA) is 15.3 Å². The molecular weight excluding hydrogens is 256 g/mol. The minimum Gasteiger partial charge on any atom is -0.312 e. The third kappa shape index (κ3) is 4.69. The number of nitrogens with zero attached hydrogens (tertiary/aromatic N) is 1. The first kappa shape index (κ1) is 17.3. The van der Waals surface area contributed by atoms with Crippen molar-refractivity contribution in [1.82, 2.24) is 10.2 Å². The van der Waals surface area contributed by atoms with Crippen LogP contribution in [0.3, 0.4) is 0 Å². The summed E-state index contributed by atoms with van der Waals surface area (Å²) in [5, 5.41) is 3.85. The van der Waals surface area contributed by atoms with Gasteiger partial charge in [0, 0.05) is 18.1 Å². The van der Waals surface area contributed by atoms with Gasteiger partial charge in [0.1, 0.15) is 0 Å². The fourth-order valence-electron chi connectivity index (χ4n) is 4.47. The van der Waals surface area contributed by atoms with Crippen LogP contribution in [-0.2, 0) is 0 Å². The van der Waals surface area contributed by atoms with Gasteiger partial charge in [-0.2, -0.15) is 0 Å². The summed E-state index contributed by atoms with van der Waals surface area (Å²) in [6.45, 7) is 10.8. The van der Waals surface area contributed by atoms with E-state index in [1.165, 1.54) is 57.9 Å². The molecule has 124 valence electrons. The maximum atomic E-state index is 3.85. The Morgan fingerprint density at radius 3 is 2.38 bits per heavy atom. The summed E-state index contributed by atoms with van der Waals surface area (Å²) in [7, 11) is 2.41. The molecule has 0 aromatic rings. The summed E-state index contributed by atoms with van der Waals surface area (Å²) in [4.78, 5) is 2.76. The second kappa shape index (κ2) is 7.46. The van der Waals surface area contributed by atoms with Gasteiger partial charge in [0.2, 0.25) is 0 Å². The lowest BCUT2D eigenvalue weighted by Crippen LogP contribution is -2.56. The highest BCUT2D eigenvalue weighted by Crippen LogP contribution is 2.39. The van der Waals surface area contributed by atoms with Gasteiger partial charge >= 0.3 is 0 Å². The average molecular weight is 295 g/mol. The molecule has 2 unspecified atom stereocenters. The van der Waals surface area contributed by atoms with Crippen LogP contribution in [0.25, 0.3) is 0 Å². The third-order valence-electron chi connectivity index (χ3n) is 6.10. The Kier molecular flexibility index (Phi) is 6.14. The predicted molar refractivity (Wildman–Crippen MR) is 92.7 cm³/mol. The molecule has 2 rings (SSSR count). The van der Waals surface area contributed by atoms with Gasteiger partial charge in [0.25, 0.3) is 0 Å². The van der Waals surface area contributed by atoms with Gasteiger partial charge in [0.15, 0.2) is 0 Å². The molecule has 2 saturated carbocycles. The lowest BCUT2D eigenvalue weighted by atomic mass is 9.71. The van der Waals surface area contributed by atoms with Gasteiger partial charge in [-0.15, -0.1) is 0 Å². The van der Waals surface area contributed by atoms with E-state index in [4.69, 9.17) is 0 Å². The first-order chi connectivity index (χ1) is 9.93. The molecule has 0 aliphatic heterocycles. The molecule has 2 nitrogen and oxygen atoms in total. The molecule has 0 spiro atoms.